The zero-order chi connectivity index (χ0) is 28.4. The van der Waals surface area contributed by atoms with E-state index in [1.54, 1.807) is 18.4 Å². The molecule has 0 aliphatic carbocycles. The van der Waals surface area contributed by atoms with Crippen LogP contribution in [0.25, 0.3) is 6.08 Å². The van der Waals surface area contributed by atoms with Gasteiger partial charge in [0.15, 0.2) is 4.80 Å². The Balaban J connectivity index is 1.55. The third kappa shape index (κ3) is 5.74. The molecule has 2 heterocycles. The van der Waals surface area contributed by atoms with Gasteiger partial charge in [0.05, 0.1) is 37.4 Å². The first kappa shape index (κ1) is 28.5. The number of carbonyl (C=O) groups is 1. The summed E-state index contributed by atoms with van der Waals surface area (Å²) in [7, 11) is 0. The zero-order valence-corrected chi connectivity index (χ0v) is 26.2. The van der Waals surface area contributed by atoms with Crippen molar-refractivity contribution in [1.82, 2.24) is 4.57 Å². The number of halogens is 3. The van der Waals surface area contributed by atoms with Gasteiger partial charge in [0.2, 0.25) is 0 Å². The number of ether oxygens (including phenoxy) is 2. The molecule has 0 radical (unpaired) electrons. The van der Waals surface area contributed by atoms with E-state index >= 15 is 0 Å². The molecule has 6 nitrogen and oxygen atoms in total. The van der Waals surface area contributed by atoms with Gasteiger partial charge in [-0.15, -0.1) is 0 Å². The highest BCUT2D eigenvalue weighted by Crippen LogP contribution is 2.36. The fourth-order valence-electron chi connectivity index (χ4n) is 4.46. The lowest BCUT2D eigenvalue weighted by molar-refractivity contribution is -0.139. The molecule has 0 amide bonds. The fraction of sp³-hybridized carbons (Fsp3) is 0.167. The van der Waals surface area contributed by atoms with Crippen LogP contribution in [0, 0.1) is 0 Å². The van der Waals surface area contributed by atoms with Gasteiger partial charge in [-0.3, -0.25) is 9.36 Å². The summed E-state index contributed by atoms with van der Waals surface area (Å²) in [6.07, 6.45) is 1.81. The molecule has 0 saturated carbocycles. The molecule has 0 unspecified atom stereocenters. The lowest BCUT2D eigenvalue weighted by Crippen LogP contribution is -2.39. The minimum Gasteiger partial charge on any atom is -0.486 e. The summed E-state index contributed by atoms with van der Waals surface area (Å²) in [4.78, 5) is 32.0. The van der Waals surface area contributed by atoms with Crippen molar-refractivity contribution in [3.63, 3.8) is 0 Å². The van der Waals surface area contributed by atoms with Crippen molar-refractivity contribution >= 4 is 66.8 Å². The molecule has 0 bridgehead atoms. The van der Waals surface area contributed by atoms with E-state index in [1.165, 1.54) is 11.3 Å². The summed E-state index contributed by atoms with van der Waals surface area (Å²) in [5, 5.41) is 0.636. The lowest BCUT2D eigenvalue weighted by Gasteiger charge is -2.24. The number of rotatable bonds is 7. The molecule has 5 rings (SSSR count). The Hall–Kier alpha value is -2.98. The molecule has 10 heteroatoms. The Morgan fingerprint density at radius 1 is 1.10 bits per heavy atom. The van der Waals surface area contributed by atoms with Gasteiger partial charge in [0, 0.05) is 10.6 Å². The van der Waals surface area contributed by atoms with Crippen molar-refractivity contribution in [3.8, 4) is 5.75 Å². The number of aromatic nitrogens is 1. The molecule has 1 aliphatic heterocycles. The van der Waals surface area contributed by atoms with Crippen LogP contribution in [-0.2, 0) is 16.1 Å². The van der Waals surface area contributed by atoms with Crippen LogP contribution < -0.4 is 19.6 Å². The number of benzene rings is 3. The van der Waals surface area contributed by atoms with Crippen molar-refractivity contribution in [2.75, 3.05) is 6.61 Å². The van der Waals surface area contributed by atoms with Crippen molar-refractivity contribution in [2.24, 2.45) is 4.99 Å². The third-order valence-electron chi connectivity index (χ3n) is 6.28. The summed E-state index contributed by atoms with van der Waals surface area (Å²) >= 11 is 14.7. The highest BCUT2D eigenvalue weighted by molar-refractivity contribution is 9.11. The second kappa shape index (κ2) is 12.3. The standard InChI is InChI=1S/C30H23Br2ClN2O4S/c1-3-38-29(37)25-17(2)34-30-35(26(25)19-9-5-4-6-10-19)28(36)24(40-30)15-18-13-21(31)27(22(32)14-18)39-16-20-11-7-8-12-23(20)33/h4-15,26H,3,16H2,1-2H3/b24-15-/t26-/m0/s1. The Morgan fingerprint density at radius 3 is 2.45 bits per heavy atom. The van der Waals surface area contributed by atoms with Crippen LogP contribution in [0.2, 0.25) is 5.02 Å². The van der Waals surface area contributed by atoms with Crippen molar-refractivity contribution in [2.45, 2.75) is 26.5 Å². The average molecular weight is 703 g/mol. The minimum absolute atomic E-state index is 0.226. The molecule has 4 aromatic rings. The Labute approximate surface area is 256 Å². The van der Waals surface area contributed by atoms with Gasteiger partial charge in [-0.1, -0.05) is 71.5 Å². The molecule has 204 valence electrons. The molecule has 0 saturated heterocycles. The number of nitrogens with zero attached hydrogens (tertiary/aromatic N) is 2. The van der Waals surface area contributed by atoms with Gasteiger partial charge >= 0.3 is 5.97 Å². The number of hydrogen-bond acceptors (Lipinski definition) is 6. The van der Waals surface area contributed by atoms with Gasteiger partial charge in [0.1, 0.15) is 12.4 Å². The predicted molar refractivity (Wildman–Crippen MR) is 164 cm³/mol. The third-order valence-corrected chi connectivity index (χ3v) is 8.81. The Bertz CT molecular complexity index is 1790. The largest absolute Gasteiger partial charge is 0.486 e. The number of fused-ring (bicyclic) bond motifs is 1. The fourth-order valence-corrected chi connectivity index (χ4v) is 7.15. The number of hydrogen-bond donors (Lipinski definition) is 0. The number of thiazole rings is 1. The lowest BCUT2D eigenvalue weighted by atomic mass is 9.96. The molecule has 1 atom stereocenters. The van der Waals surface area contributed by atoms with E-state index in [0.717, 1.165) is 25.6 Å². The Kier molecular flexibility index (Phi) is 8.75. The van der Waals surface area contributed by atoms with E-state index in [1.807, 2.05) is 72.8 Å². The molecule has 0 spiro atoms. The van der Waals surface area contributed by atoms with E-state index in [2.05, 4.69) is 36.9 Å². The molecule has 1 aromatic heterocycles. The smallest absolute Gasteiger partial charge is 0.338 e. The second-order valence-electron chi connectivity index (χ2n) is 8.91. The van der Waals surface area contributed by atoms with E-state index in [-0.39, 0.29) is 12.2 Å². The number of esters is 1. The maximum absolute atomic E-state index is 13.8. The van der Waals surface area contributed by atoms with Gasteiger partial charge in [-0.25, -0.2) is 9.79 Å². The first-order valence-corrected chi connectivity index (χ1v) is 15.2. The molecule has 0 N–H and O–H groups in total. The van der Waals surface area contributed by atoms with Gasteiger partial charge < -0.3 is 9.47 Å². The summed E-state index contributed by atoms with van der Waals surface area (Å²) in [6, 6.07) is 20.1. The minimum atomic E-state index is -0.641. The average Bonchev–Trinajstić information content (AvgIpc) is 3.23. The molecular weight excluding hydrogens is 680 g/mol. The predicted octanol–water partition coefficient (Wildman–Crippen LogP) is 6.56. The normalized spacial score (nSPS) is 15.0. The van der Waals surface area contributed by atoms with Crippen LogP contribution >= 0.6 is 54.8 Å². The first-order chi connectivity index (χ1) is 19.3. The van der Waals surface area contributed by atoms with Crippen LogP contribution in [0.4, 0.5) is 0 Å². The van der Waals surface area contributed by atoms with Crippen LogP contribution in [0.1, 0.15) is 36.6 Å². The monoisotopic (exact) mass is 700 g/mol. The zero-order valence-electron chi connectivity index (χ0n) is 21.5. The van der Waals surface area contributed by atoms with Crippen LogP contribution in [0.3, 0.4) is 0 Å². The number of allylic oxidation sites excluding steroid dienone is 1. The summed E-state index contributed by atoms with van der Waals surface area (Å²) in [6.45, 7) is 4.05. The molecule has 3 aromatic carbocycles. The topological polar surface area (TPSA) is 69.9 Å². The van der Waals surface area contributed by atoms with Gasteiger partial charge in [0.25, 0.3) is 5.56 Å². The van der Waals surface area contributed by atoms with E-state index in [4.69, 9.17) is 21.1 Å². The quantitative estimate of drug-likeness (QED) is 0.205. The highest BCUT2D eigenvalue weighted by Gasteiger charge is 2.33. The van der Waals surface area contributed by atoms with E-state index in [9.17, 15) is 9.59 Å². The summed E-state index contributed by atoms with van der Waals surface area (Å²) in [5.41, 5.74) is 3.12. The summed E-state index contributed by atoms with van der Waals surface area (Å²) in [5.74, 6) is 0.143. The van der Waals surface area contributed by atoms with E-state index < -0.39 is 12.0 Å². The van der Waals surface area contributed by atoms with Crippen molar-refractivity contribution < 1.29 is 14.3 Å². The second-order valence-corrected chi connectivity index (χ2v) is 12.0. The van der Waals surface area contributed by atoms with Crippen LogP contribution in [-0.4, -0.2) is 17.1 Å². The maximum Gasteiger partial charge on any atom is 0.338 e. The first-order valence-electron chi connectivity index (χ1n) is 12.4. The highest BCUT2D eigenvalue weighted by atomic mass is 79.9. The summed E-state index contributed by atoms with van der Waals surface area (Å²) < 4.78 is 14.9. The van der Waals surface area contributed by atoms with Crippen molar-refractivity contribution in [1.29, 1.82) is 0 Å². The van der Waals surface area contributed by atoms with Crippen LogP contribution in [0.15, 0.2) is 96.7 Å². The van der Waals surface area contributed by atoms with Gasteiger partial charge in [-0.05, 0) is 81.1 Å². The molecular formula is C30H23Br2ClN2O4S. The number of carbonyl (C=O) groups excluding carboxylic acids is 1. The Morgan fingerprint density at radius 2 is 1.77 bits per heavy atom. The van der Waals surface area contributed by atoms with E-state index in [0.29, 0.717) is 38.0 Å². The van der Waals surface area contributed by atoms with Gasteiger partial charge in [-0.2, -0.15) is 0 Å². The molecule has 0 fully saturated rings. The van der Waals surface area contributed by atoms with Crippen LogP contribution in [0.5, 0.6) is 5.75 Å². The SMILES string of the molecule is CCOC(=O)C1=C(C)N=c2s/c(=C\c3cc(Br)c(OCc4ccccc4Cl)c(Br)c3)c(=O)n2[C@H]1c1ccccc1. The maximum atomic E-state index is 13.8. The van der Waals surface area contributed by atoms with Crippen molar-refractivity contribution in [3.05, 3.63) is 128 Å². The molecule has 40 heavy (non-hydrogen) atoms. The molecule has 1 aliphatic rings.